The number of rotatable bonds is 6. The quantitative estimate of drug-likeness (QED) is 0.334. The van der Waals surface area contributed by atoms with Gasteiger partial charge in [-0.1, -0.05) is 39.2 Å². The van der Waals surface area contributed by atoms with Crippen LogP contribution in [0.2, 0.25) is 0 Å². The van der Waals surface area contributed by atoms with Gasteiger partial charge in [-0.05, 0) is 41.7 Å². The first-order chi connectivity index (χ1) is 13.2. The highest BCUT2D eigenvalue weighted by Gasteiger charge is 2.29. The fourth-order valence-electron chi connectivity index (χ4n) is 4.36. The van der Waals surface area contributed by atoms with Crippen LogP contribution >= 0.6 is 0 Å². The Balaban J connectivity index is 1.89. The summed E-state index contributed by atoms with van der Waals surface area (Å²) >= 11 is 0. The van der Waals surface area contributed by atoms with Crippen LogP contribution in [-0.2, 0) is 11.3 Å². The molecule has 1 aromatic carbocycles. The van der Waals surface area contributed by atoms with E-state index in [0.717, 1.165) is 12.1 Å². The molecule has 0 spiro atoms. The average molecular weight is 362 g/mol. The van der Waals surface area contributed by atoms with Crippen LogP contribution in [0.3, 0.4) is 0 Å². The van der Waals surface area contributed by atoms with E-state index in [1.807, 2.05) is 24.5 Å². The predicted octanol–water partition coefficient (Wildman–Crippen LogP) is 5.54. The molecule has 0 bridgehead atoms. The Bertz CT molecular complexity index is 1000. The molecular weight excluding hydrogens is 336 g/mol. The van der Waals surface area contributed by atoms with E-state index in [4.69, 9.17) is 4.74 Å². The topological polar surface area (TPSA) is 44.1 Å². The highest BCUT2D eigenvalue weighted by Crippen LogP contribution is 2.45. The van der Waals surface area contributed by atoms with Crippen LogP contribution in [0, 0.1) is 0 Å². The average Bonchev–Trinajstić information content (AvgIpc) is 3.21. The number of hydrogen-bond donors (Lipinski definition) is 0. The van der Waals surface area contributed by atoms with Gasteiger partial charge in [0.05, 0.1) is 18.4 Å². The summed E-state index contributed by atoms with van der Waals surface area (Å²) in [6, 6.07) is 8.06. The largest absolute Gasteiger partial charge is 0.465 e. The van der Waals surface area contributed by atoms with Crippen molar-refractivity contribution < 1.29 is 9.53 Å². The van der Waals surface area contributed by atoms with Crippen LogP contribution in [0.4, 0.5) is 0 Å². The molecule has 0 amide bonds. The number of unbranched alkanes of at least 4 members (excludes halogenated alkanes) is 2. The number of aromatic nitrogens is 2. The summed E-state index contributed by atoms with van der Waals surface area (Å²) in [5.74, 6) is 0.174. The van der Waals surface area contributed by atoms with Gasteiger partial charge in [0, 0.05) is 35.4 Å². The molecule has 27 heavy (non-hydrogen) atoms. The van der Waals surface area contributed by atoms with Crippen LogP contribution in [0.15, 0.2) is 36.7 Å². The fourth-order valence-corrected chi connectivity index (χ4v) is 4.36. The summed E-state index contributed by atoms with van der Waals surface area (Å²) in [6.07, 6.45) is 8.76. The zero-order chi connectivity index (χ0) is 19.0. The van der Waals surface area contributed by atoms with Crippen LogP contribution < -0.4 is 0 Å². The van der Waals surface area contributed by atoms with E-state index < -0.39 is 0 Å². The number of nitrogens with zero attached hydrogens (tertiary/aromatic N) is 2. The Kier molecular flexibility index (Phi) is 4.73. The van der Waals surface area contributed by atoms with Crippen LogP contribution in [-0.4, -0.2) is 22.6 Å². The van der Waals surface area contributed by atoms with Crippen LogP contribution in [0.25, 0.3) is 22.2 Å². The number of esters is 1. The van der Waals surface area contributed by atoms with Crippen molar-refractivity contribution in [3.8, 4) is 11.3 Å². The first-order valence-electron chi connectivity index (χ1n) is 9.83. The lowest BCUT2D eigenvalue weighted by Gasteiger charge is -2.13. The molecule has 1 atom stereocenters. The minimum Gasteiger partial charge on any atom is -0.465 e. The first-order valence-corrected chi connectivity index (χ1v) is 9.83. The van der Waals surface area contributed by atoms with E-state index in [0.29, 0.717) is 11.5 Å². The van der Waals surface area contributed by atoms with Gasteiger partial charge in [-0.2, -0.15) is 0 Å². The second kappa shape index (κ2) is 7.18. The van der Waals surface area contributed by atoms with Gasteiger partial charge < -0.3 is 9.30 Å². The van der Waals surface area contributed by atoms with Gasteiger partial charge in [0.25, 0.3) is 0 Å². The third-order valence-corrected chi connectivity index (χ3v) is 5.75. The third kappa shape index (κ3) is 2.93. The Hall–Kier alpha value is -2.62. The van der Waals surface area contributed by atoms with E-state index in [-0.39, 0.29) is 5.97 Å². The molecule has 3 aromatic rings. The number of hydrogen-bond acceptors (Lipinski definition) is 3. The number of carbonyl (C=O) groups is 1. The van der Waals surface area contributed by atoms with E-state index in [2.05, 4.69) is 35.5 Å². The summed E-state index contributed by atoms with van der Waals surface area (Å²) in [6.45, 7) is 5.40. The first kappa shape index (κ1) is 17.8. The van der Waals surface area contributed by atoms with Crippen molar-refractivity contribution in [2.24, 2.45) is 0 Å². The second-order valence-corrected chi connectivity index (χ2v) is 7.50. The molecule has 4 nitrogen and oxygen atoms in total. The molecule has 0 aliphatic carbocycles. The van der Waals surface area contributed by atoms with E-state index >= 15 is 0 Å². The van der Waals surface area contributed by atoms with Crippen molar-refractivity contribution in [2.75, 3.05) is 7.11 Å². The molecule has 0 saturated carbocycles. The standard InChI is InChI=1S/C23H26N2O2/c1-4-5-6-7-15(2)21-18-9-8-16(23(26)27-3)12-20(18)25-14-17-10-11-24-13-19(17)22(21)25/h8-13,15H,4-7,14H2,1-3H3. The lowest BCUT2D eigenvalue weighted by molar-refractivity contribution is 0.0601. The van der Waals surface area contributed by atoms with Crippen LogP contribution in [0.1, 0.15) is 66.9 Å². The Labute approximate surface area is 160 Å². The van der Waals surface area contributed by atoms with Crippen molar-refractivity contribution in [3.63, 3.8) is 0 Å². The highest BCUT2D eigenvalue weighted by atomic mass is 16.5. The molecule has 1 aliphatic rings. The van der Waals surface area contributed by atoms with Crippen molar-refractivity contribution in [3.05, 3.63) is 53.3 Å². The molecular formula is C23H26N2O2. The number of methoxy groups -OCH3 is 1. The van der Waals surface area contributed by atoms with E-state index in [1.54, 1.807) is 0 Å². The zero-order valence-corrected chi connectivity index (χ0v) is 16.3. The van der Waals surface area contributed by atoms with Gasteiger partial charge >= 0.3 is 5.97 Å². The maximum Gasteiger partial charge on any atom is 0.337 e. The summed E-state index contributed by atoms with van der Waals surface area (Å²) in [5.41, 5.74) is 6.91. The molecule has 0 saturated heterocycles. The zero-order valence-electron chi connectivity index (χ0n) is 16.3. The lowest BCUT2D eigenvalue weighted by atomic mass is 9.90. The molecule has 140 valence electrons. The molecule has 2 aromatic heterocycles. The normalized spacial score (nSPS) is 13.4. The fraction of sp³-hybridized carbons (Fsp3) is 0.391. The SMILES string of the molecule is CCCCCC(C)c1c2n(c3cc(C(=O)OC)ccc13)Cc1ccncc1-2. The number of benzene rings is 1. The highest BCUT2D eigenvalue weighted by molar-refractivity contribution is 5.99. The van der Waals surface area contributed by atoms with Crippen molar-refractivity contribution in [2.45, 2.75) is 52.0 Å². The summed E-state index contributed by atoms with van der Waals surface area (Å²) < 4.78 is 7.27. The van der Waals surface area contributed by atoms with E-state index in [9.17, 15) is 4.79 Å². The van der Waals surface area contributed by atoms with Crippen molar-refractivity contribution in [1.82, 2.24) is 9.55 Å². The minimum atomic E-state index is -0.290. The van der Waals surface area contributed by atoms with Crippen LogP contribution in [0.5, 0.6) is 0 Å². The Morgan fingerprint density at radius 3 is 2.93 bits per heavy atom. The van der Waals surface area contributed by atoms with Gasteiger partial charge in [-0.3, -0.25) is 4.98 Å². The molecule has 3 heterocycles. The predicted molar refractivity (Wildman–Crippen MR) is 108 cm³/mol. The maximum absolute atomic E-state index is 12.0. The van der Waals surface area contributed by atoms with Gasteiger partial charge in [0.2, 0.25) is 0 Å². The molecule has 0 fully saturated rings. The van der Waals surface area contributed by atoms with Gasteiger partial charge in [-0.25, -0.2) is 4.79 Å². The summed E-state index contributed by atoms with van der Waals surface area (Å²) in [7, 11) is 1.43. The number of ether oxygens (including phenoxy) is 1. The van der Waals surface area contributed by atoms with Gasteiger partial charge in [0.1, 0.15) is 0 Å². The third-order valence-electron chi connectivity index (χ3n) is 5.75. The lowest BCUT2D eigenvalue weighted by Crippen LogP contribution is -2.01. The number of fused-ring (bicyclic) bond motifs is 5. The van der Waals surface area contributed by atoms with E-state index in [1.165, 1.54) is 60.6 Å². The molecule has 1 aliphatic heterocycles. The minimum absolute atomic E-state index is 0.290. The molecule has 4 rings (SSSR count). The molecule has 0 N–H and O–H groups in total. The molecule has 4 heteroatoms. The Morgan fingerprint density at radius 1 is 1.30 bits per heavy atom. The number of pyridine rings is 1. The van der Waals surface area contributed by atoms with Gasteiger partial charge in [-0.15, -0.1) is 0 Å². The monoisotopic (exact) mass is 362 g/mol. The van der Waals surface area contributed by atoms with Crippen molar-refractivity contribution >= 4 is 16.9 Å². The second-order valence-electron chi connectivity index (χ2n) is 7.50. The number of carbonyl (C=O) groups excluding carboxylic acids is 1. The molecule has 1 unspecified atom stereocenters. The summed E-state index contributed by atoms with van der Waals surface area (Å²) in [4.78, 5) is 16.4. The smallest absolute Gasteiger partial charge is 0.337 e. The van der Waals surface area contributed by atoms with Crippen molar-refractivity contribution in [1.29, 1.82) is 0 Å². The Morgan fingerprint density at radius 2 is 2.15 bits per heavy atom. The maximum atomic E-state index is 12.0. The van der Waals surface area contributed by atoms with Gasteiger partial charge in [0.15, 0.2) is 0 Å². The summed E-state index contributed by atoms with van der Waals surface area (Å²) in [5, 5.41) is 1.25. The molecule has 0 radical (unpaired) electrons.